The van der Waals surface area contributed by atoms with Gasteiger partial charge in [0.1, 0.15) is 0 Å². The molecule has 0 atom stereocenters. The Labute approximate surface area is 87.1 Å². The highest BCUT2D eigenvalue weighted by atomic mass is 32.2. The summed E-state index contributed by atoms with van der Waals surface area (Å²) in [5, 5.41) is 8.46. The molecule has 0 radical (unpaired) electrons. The summed E-state index contributed by atoms with van der Waals surface area (Å²) >= 11 is 0. The molecule has 2 N–H and O–H groups in total. The number of hydrogen-bond acceptors (Lipinski definition) is 3. The molecule has 0 amide bonds. The molecule has 0 unspecified atom stereocenters. The van der Waals surface area contributed by atoms with E-state index in [4.69, 9.17) is 9.66 Å². The number of carboxylic acid groups (broad SMARTS) is 1. The molecule has 6 heteroatoms. The van der Waals surface area contributed by atoms with Crippen molar-refractivity contribution in [3.63, 3.8) is 0 Å². The second-order valence-electron chi connectivity index (χ2n) is 2.98. The van der Waals surface area contributed by atoms with Crippen LogP contribution in [-0.2, 0) is 21.3 Å². The van der Waals surface area contributed by atoms with E-state index >= 15 is 0 Å². The molecular formula is C9H10O5S. The van der Waals surface area contributed by atoms with Gasteiger partial charge in [0.15, 0.2) is 0 Å². The summed E-state index contributed by atoms with van der Waals surface area (Å²) in [6, 6.07) is 5.78. The van der Waals surface area contributed by atoms with Gasteiger partial charge in [-0.3, -0.25) is 9.35 Å². The SMILES string of the molecule is O=C(O)CCc1ccccc1S(=O)(=O)O. The van der Waals surface area contributed by atoms with E-state index in [1.165, 1.54) is 18.2 Å². The van der Waals surface area contributed by atoms with E-state index in [2.05, 4.69) is 0 Å². The second-order valence-corrected chi connectivity index (χ2v) is 4.37. The molecule has 15 heavy (non-hydrogen) atoms. The maximum atomic E-state index is 10.9. The molecule has 0 saturated carbocycles. The first-order valence-corrected chi connectivity index (χ1v) is 5.62. The van der Waals surface area contributed by atoms with Gasteiger partial charge in [0, 0.05) is 6.42 Å². The standard InChI is InChI=1S/C9H10O5S/c10-9(11)6-5-7-3-1-2-4-8(7)15(12,13)14/h1-4H,5-6H2,(H,10,11)(H,12,13,14). The van der Waals surface area contributed by atoms with Crippen molar-refractivity contribution >= 4 is 16.1 Å². The molecule has 0 bridgehead atoms. The van der Waals surface area contributed by atoms with Gasteiger partial charge in [0.2, 0.25) is 0 Å². The molecule has 1 rings (SSSR count). The fraction of sp³-hybridized carbons (Fsp3) is 0.222. The number of rotatable bonds is 4. The molecule has 1 aromatic carbocycles. The van der Waals surface area contributed by atoms with Crippen LogP contribution in [0.5, 0.6) is 0 Å². The summed E-state index contributed by atoms with van der Waals surface area (Å²) in [6.45, 7) is 0. The molecule has 0 heterocycles. The van der Waals surface area contributed by atoms with Gasteiger partial charge in [-0.15, -0.1) is 0 Å². The van der Waals surface area contributed by atoms with Crippen LogP contribution in [0.4, 0.5) is 0 Å². The average Bonchev–Trinajstić information content (AvgIpc) is 2.13. The van der Waals surface area contributed by atoms with Gasteiger partial charge in [-0.1, -0.05) is 18.2 Å². The van der Waals surface area contributed by atoms with Crippen molar-refractivity contribution < 1.29 is 22.9 Å². The molecular weight excluding hydrogens is 220 g/mol. The Kier molecular flexibility index (Phi) is 3.43. The monoisotopic (exact) mass is 230 g/mol. The third-order valence-corrected chi connectivity index (χ3v) is 2.81. The number of aryl methyl sites for hydroxylation is 1. The first-order chi connectivity index (χ1) is 6.91. The van der Waals surface area contributed by atoms with Crippen LogP contribution >= 0.6 is 0 Å². The van der Waals surface area contributed by atoms with Crippen LogP contribution < -0.4 is 0 Å². The van der Waals surface area contributed by atoms with Crippen LogP contribution in [0.15, 0.2) is 29.2 Å². The quantitative estimate of drug-likeness (QED) is 0.751. The lowest BCUT2D eigenvalue weighted by Gasteiger charge is -2.04. The smallest absolute Gasteiger partial charge is 0.303 e. The van der Waals surface area contributed by atoms with Crippen LogP contribution in [0.1, 0.15) is 12.0 Å². The average molecular weight is 230 g/mol. The maximum absolute atomic E-state index is 10.9. The number of carboxylic acids is 1. The summed E-state index contributed by atoms with van der Waals surface area (Å²) in [6.07, 6.45) is -0.0994. The Morgan fingerprint density at radius 1 is 1.27 bits per heavy atom. The summed E-state index contributed by atoms with van der Waals surface area (Å²) in [4.78, 5) is 10.1. The third kappa shape index (κ3) is 3.34. The number of hydrogen-bond donors (Lipinski definition) is 2. The fourth-order valence-electron chi connectivity index (χ4n) is 1.20. The molecule has 0 aliphatic rings. The predicted molar refractivity (Wildman–Crippen MR) is 52.2 cm³/mol. The first kappa shape index (κ1) is 11.7. The lowest BCUT2D eigenvalue weighted by molar-refractivity contribution is -0.136. The summed E-state index contributed by atoms with van der Waals surface area (Å²) in [5.74, 6) is -1.01. The summed E-state index contributed by atoms with van der Waals surface area (Å²) in [7, 11) is -4.27. The van der Waals surface area contributed by atoms with Gasteiger partial charge in [0.25, 0.3) is 10.1 Å². The van der Waals surface area contributed by atoms with Gasteiger partial charge in [-0.25, -0.2) is 0 Å². The van der Waals surface area contributed by atoms with E-state index in [-0.39, 0.29) is 17.7 Å². The van der Waals surface area contributed by atoms with E-state index in [1.54, 1.807) is 6.07 Å². The van der Waals surface area contributed by atoms with Crippen molar-refractivity contribution in [1.82, 2.24) is 0 Å². The van der Waals surface area contributed by atoms with Crippen LogP contribution in [-0.4, -0.2) is 24.0 Å². The number of benzene rings is 1. The van der Waals surface area contributed by atoms with Gasteiger partial charge in [-0.2, -0.15) is 8.42 Å². The van der Waals surface area contributed by atoms with E-state index in [9.17, 15) is 13.2 Å². The molecule has 0 aromatic heterocycles. The first-order valence-electron chi connectivity index (χ1n) is 4.18. The van der Waals surface area contributed by atoms with E-state index in [0.29, 0.717) is 5.56 Å². The normalized spacial score (nSPS) is 11.3. The lowest BCUT2D eigenvalue weighted by Crippen LogP contribution is -2.05. The molecule has 0 aliphatic carbocycles. The molecule has 82 valence electrons. The van der Waals surface area contributed by atoms with Crippen molar-refractivity contribution in [2.75, 3.05) is 0 Å². The zero-order valence-electron chi connectivity index (χ0n) is 7.75. The Bertz CT molecular complexity index is 463. The van der Waals surface area contributed by atoms with Crippen molar-refractivity contribution in [1.29, 1.82) is 0 Å². The number of aliphatic carboxylic acids is 1. The zero-order valence-corrected chi connectivity index (χ0v) is 8.57. The number of carbonyl (C=O) groups is 1. The van der Waals surface area contributed by atoms with Crippen LogP contribution in [0.3, 0.4) is 0 Å². The highest BCUT2D eigenvalue weighted by Gasteiger charge is 2.14. The van der Waals surface area contributed by atoms with Gasteiger partial charge < -0.3 is 5.11 Å². The highest BCUT2D eigenvalue weighted by molar-refractivity contribution is 7.85. The minimum atomic E-state index is -4.27. The van der Waals surface area contributed by atoms with Gasteiger partial charge >= 0.3 is 5.97 Å². The topological polar surface area (TPSA) is 91.7 Å². The Morgan fingerprint density at radius 3 is 2.40 bits per heavy atom. The minimum absolute atomic E-state index is 0.0747. The predicted octanol–water partition coefficient (Wildman–Crippen LogP) is 0.951. The van der Waals surface area contributed by atoms with Crippen LogP contribution in [0, 0.1) is 0 Å². The maximum Gasteiger partial charge on any atom is 0.303 e. The largest absolute Gasteiger partial charge is 0.481 e. The van der Waals surface area contributed by atoms with E-state index < -0.39 is 16.1 Å². The van der Waals surface area contributed by atoms with Gasteiger partial charge in [0.05, 0.1) is 4.90 Å². The van der Waals surface area contributed by atoms with Crippen molar-refractivity contribution in [2.24, 2.45) is 0 Å². The zero-order chi connectivity index (χ0) is 11.5. The third-order valence-electron chi connectivity index (χ3n) is 1.86. The molecule has 0 spiro atoms. The van der Waals surface area contributed by atoms with E-state index in [0.717, 1.165) is 0 Å². The van der Waals surface area contributed by atoms with Crippen LogP contribution in [0.25, 0.3) is 0 Å². The second kappa shape index (κ2) is 4.41. The minimum Gasteiger partial charge on any atom is -0.481 e. The molecule has 0 fully saturated rings. The van der Waals surface area contributed by atoms with Crippen molar-refractivity contribution in [2.45, 2.75) is 17.7 Å². The Morgan fingerprint density at radius 2 is 1.87 bits per heavy atom. The van der Waals surface area contributed by atoms with Crippen molar-refractivity contribution in [3.8, 4) is 0 Å². The fourth-order valence-corrected chi connectivity index (χ4v) is 1.96. The Hall–Kier alpha value is -1.40. The lowest BCUT2D eigenvalue weighted by atomic mass is 10.1. The molecule has 0 aliphatic heterocycles. The molecule has 0 saturated heterocycles. The molecule has 1 aromatic rings. The highest BCUT2D eigenvalue weighted by Crippen LogP contribution is 2.16. The summed E-state index contributed by atoms with van der Waals surface area (Å²) < 4.78 is 30.7. The Balaban J connectivity index is 3.02. The molecule has 5 nitrogen and oxygen atoms in total. The summed E-state index contributed by atoms with van der Waals surface area (Å²) in [5.41, 5.74) is 0.308. The van der Waals surface area contributed by atoms with E-state index in [1.807, 2.05) is 0 Å². The van der Waals surface area contributed by atoms with Crippen molar-refractivity contribution in [3.05, 3.63) is 29.8 Å². The van der Waals surface area contributed by atoms with Crippen LogP contribution in [0.2, 0.25) is 0 Å². The van der Waals surface area contributed by atoms with Gasteiger partial charge in [-0.05, 0) is 18.1 Å².